The Hall–Kier alpha value is -1.02. The summed E-state index contributed by atoms with van der Waals surface area (Å²) in [4.78, 5) is 0. The summed E-state index contributed by atoms with van der Waals surface area (Å²) in [6, 6.07) is 4.43. The number of aryl methyl sites for hydroxylation is 2. The average molecular weight is 249 g/mol. The first-order valence-corrected chi connectivity index (χ1v) is 6.71. The predicted molar refractivity (Wildman–Crippen MR) is 78.4 cm³/mol. The molecule has 0 saturated heterocycles. The third-order valence-electron chi connectivity index (χ3n) is 3.35. The fourth-order valence-electron chi connectivity index (χ4n) is 2.10. The van der Waals surface area contributed by atoms with Crippen molar-refractivity contribution in [1.82, 2.24) is 0 Å². The predicted octanol–water partition coefficient (Wildman–Crippen LogP) is 3.80. The highest BCUT2D eigenvalue weighted by molar-refractivity contribution is 5.44. The molecule has 0 aliphatic rings. The normalized spacial score (nSPS) is 12.0. The minimum Gasteiger partial charge on any atom is -0.496 e. The van der Waals surface area contributed by atoms with E-state index in [4.69, 9.17) is 10.5 Å². The van der Waals surface area contributed by atoms with Gasteiger partial charge in [-0.25, -0.2) is 0 Å². The monoisotopic (exact) mass is 249 g/mol. The van der Waals surface area contributed by atoms with Crippen molar-refractivity contribution in [1.29, 1.82) is 0 Å². The molecule has 1 rings (SSSR count). The van der Waals surface area contributed by atoms with Crippen LogP contribution in [0.1, 0.15) is 56.7 Å². The van der Waals surface area contributed by atoms with Gasteiger partial charge in [0.2, 0.25) is 0 Å². The van der Waals surface area contributed by atoms with Gasteiger partial charge >= 0.3 is 0 Å². The largest absolute Gasteiger partial charge is 0.496 e. The third-order valence-corrected chi connectivity index (χ3v) is 3.35. The summed E-state index contributed by atoms with van der Waals surface area (Å²) in [6.45, 7) is 10.7. The Labute approximate surface area is 112 Å². The van der Waals surface area contributed by atoms with Crippen LogP contribution in [-0.4, -0.2) is 12.6 Å². The van der Waals surface area contributed by atoms with Crippen LogP contribution in [0, 0.1) is 6.92 Å². The van der Waals surface area contributed by atoms with Gasteiger partial charge in [0.25, 0.3) is 0 Å². The van der Waals surface area contributed by atoms with Crippen LogP contribution >= 0.6 is 0 Å². The SMILES string of the molecule is COc1cc(C)c(CCC(C)(C)N)cc1C(C)C. The molecule has 0 bridgehead atoms. The lowest BCUT2D eigenvalue weighted by atomic mass is 9.91. The number of hydrogen-bond acceptors (Lipinski definition) is 2. The van der Waals surface area contributed by atoms with Gasteiger partial charge < -0.3 is 10.5 Å². The third kappa shape index (κ3) is 4.02. The summed E-state index contributed by atoms with van der Waals surface area (Å²) < 4.78 is 5.46. The molecule has 0 aliphatic carbocycles. The zero-order chi connectivity index (χ0) is 13.9. The summed E-state index contributed by atoms with van der Waals surface area (Å²) in [7, 11) is 1.74. The van der Waals surface area contributed by atoms with Crippen LogP contribution in [0.5, 0.6) is 5.75 Å². The highest BCUT2D eigenvalue weighted by Gasteiger charge is 2.14. The molecular formula is C16H27NO. The molecule has 18 heavy (non-hydrogen) atoms. The molecule has 102 valence electrons. The summed E-state index contributed by atoms with van der Waals surface area (Å²) in [6.07, 6.45) is 2.02. The first-order valence-electron chi connectivity index (χ1n) is 6.71. The molecule has 2 N–H and O–H groups in total. The molecule has 0 amide bonds. The van der Waals surface area contributed by atoms with E-state index in [1.807, 2.05) is 0 Å². The summed E-state index contributed by atoms with van der Waals surface area (Å²) in [5.74, 6) is 1.48. The number of hydrogen-bond donors (Lipinski definition) is 1. The van der Waals surface area contributed by atoms with Crippen molar-refractivity contribution in [2.24, 2.45) is 5.73 Å². The van der Waals surface area contributed by atoms with E-state index in [1.54, 1.807) is 7.11 Å². The quantitative estimate of drug-likeness (QED) is 0.861. The van der Waals surface area contributed by atoms with E-state index in [9.17, 15) is 0 Å². The molecule has 0 radical (unpaired) electrons. The Morgan fingerprint density at radius 1 is 1.28 bits per heavy atom. The maximum atomic E-state index is 6.06. The zero-order valence-corrected chi connectivity index (χ0v) is 12.6. The maximum absolute atomic E-state index is 6.06. The van der Waals surface area contributed by atoms with Crippen LogP contribution in [0.3, 0.4) is 0 Å². The van der Waals surface area contributed by atoms with E-state index < -0.39 is 0 Å². The second-order valence-corrected chi connectivity index (χ2v) is 6.16. The molecule has 0 heterocycles. The number of nitrogens with two attached hydrogens (primary N) is 1. The Bertz CT molecular complexity index is 402. The summed E-state index contributed by atoms with van der Waals surface area (Å²) in [5.41, 5.74) is 9.92. The Balaban J connectivity index is 3.02. The first kappa shape index (κ1) is 15.0. The number of rotatable bonds is 5. The molecule has 0 aliphatic heterocycles. The number of benzene rings is 1. The first-order chi connectivity index (χ1) is 8.24. The van der Waals surface area contributed by atoms with E-state index in [2.05, 4.69) is 46.8 Å². The van der Waals surface area contributed by atoms with Crippen LogP contribution in [-0.2, 0) is 6.42 Å². The second-order valence-electron chi connectivity index (χ2n) is 6.16. The van der Waals surface area contributed by atoms with Crippen molar-refractivity contribution < 1.29 is 4.74 Å². The number of methoxy groups -OCH3 is 1. The van der Waals surface area contributed by atoms with Crippen LogP contribution in [0.25, 0.3) is 0 Å². The van der Waals surface area contributed by atoms with Gasteiger partial charge in [-0.3, -0.25) is 0 Å². The minimum absolute atomic E-state index is 0.107. The van der Waals surface area contributed by atoms with Gasteiger partial charge in [0, 0.05) is 5.54 Å². The highest BCUT2D eigenvalue weighted by Crippen LogP contribution is 2.30. The van der Waals surface area contributed by atoms with Crippen LogP contribution in [0.2, 0.25) is 0 Å². The minimum atomic E-state index is -0.107. The number of ether oxygens (including phenoxy) is 1. The van der Waals surface area contributed by atoms with Crippen molar-refractivity contribution in [2.45, 2.75) is 58.9 Å². The molecule has 2 nitrogen and oxygen atoms in total. The molecule has 1 aromatic carbocycles. The van der Waals surface area contributed by atoms with E-state index in [0.717, 1.165) is 18.6 Å². The van der Waals surface area contributed by atoms with Gasteiger partial charge in [0.05, 0.1) is 7.11 Å². The van der Waals surface area contributed by atoms with Gasteiger partial charge in [0.1, 0.15) is 5.75 Å². The second kappa shape index (κ2) is 5.75. The lowest BCUT2D eigenvalue weighted by Gasteiger charge is -2.20. The topological polar surface area (TPSA) is 35.2 Å². The highest BCUT2D eigenvalue weighted by atomic mass is 16.5. The smallest absolute Gasteiger partial charge is 0.122 e. The summed E-state index contributed by atoms with van der Waals surface area (Å²) in [5, 5.41) is 0. The Kier molecular flexibility index (Phi) is 4.80. The summed E-state index contributed by atoms with van der Waals surface area (Å²) >= 11 is 0. The fourth-order valence-corrected chi connectivity index (χ4v) is 2.10. The van der Waals surface area contributed by atoms with Crippen molar-refractivity contribution in [3.63, 3.8) is 0 Å². The van der Waals surface area contributed by atoms with E-state index in [1.165, 1.54) is 16.7 Å². The van der Waals surface area contributed by atoms with Crippen LogP contribution < -0.4 is 10.5 Å². The van der Waals surface area contributed by atoms with Gasteiger partial charge in [-0.2, -0.15) is 0 Å². The molecule has 0 aromatic heterocycles. The van der Waals surface area contributed by atoms with Gasteiger partial charge in [-0.05, 0) is 62.3 Å². The molecular weight excluding hydrogens is 222 g/mol. The van der Waals surface area contributed by atoms with Gasteiger partial charge in [0.15, 0.2) is 0 Å². The van der Waals surface area contributed by atoms with E-state index in [-0.39, 0.29) is 5.54 Å². The Morgan fingerprint density at radius 3 is 2.33 bits per heavy atom. The average Bonchev–Trinajstić information content (AvgIpc) is 2.25. The standard InChI is InChI=1S/C16H27NO/c1-11(2)14-10-13(7-8-16(4,5)17)12(3)9-15(14)18-6/h9-11H,7-8,17H2,1-6H3. The van der Waals surface area contributed by atoms with Crippen molar-refractivity contribution in [3.05, 3.63) is 28.8 Å². The van der Waals surface area contributed by atoms with E-state index in [0.29, 0.717) is 5.92 Å². The molecule has 2 heteroatoms. The van der Waals surface area contributed by atoms with Gasteiger partial charge in [-0.1, -0.05) is 19.9 Å². The lowest BCUT2D eigenvalue weighted by molar-refractivity contribution is 0.406. The van der Waals surface area contributed by atoms with E-state index >= 15 is 0 Å². The zero-order valence-electron chi connectivity index (χ0n) is 12.6. The van der Waals surface area contributed by atoms with Gasteiger partial charge in [-0.15, -0.1) is 0 Å². The molecule has 0 fully saturated rings. The van der Waals surface area contributed by atoms with Crippen LogP contribution in [0.4, 0.5) is 0 Å². The molecule has 0 saturated carbocycles. The molecule has 1 aromatic rings. The molecule has 0 unspecified atom stereocenters. The molecule has 0 spiro atoms. The van der Waals surface area contributed by atoms with Crippen LogP contribution in [0.15, 0.2) is 12.1 Å². The molecule has 0 atom stereocenters. The van der Waals surface area contributed by atoms with Crippen molar-refractivity contribution in [2.75, 3.05) is 7.11 Å². The van der Waals surface area contributed by atoms with Crippen molar-refractivity contribution in [3.8, 4) is 5.75 Å². The van der Waals surface area contributed by atoms with Crippen molar-refractivity contribution >= 4 is 0 Å². The lowest BCUT2D eigenvalue weighted by Crippen LogP contribution is -2.32. The fraction of sp³-hybridized carbons (Fsp3) is 0.625. The maximum Gasteiger partial charge on any atom is 0.122 e. The Morgan fingerprint density at radius 2 is 1.89 bits per heavy atom.